The van der Waals surface area contributed by atoms with Crippen molar-refractivity contribution in [3.63, 3.8) is 0 Å². The van der Waals surface area contributed by atoms with E-state index in [-0.39, 0.29) is 33.7 Å². The van der Waals surface area contributed by atoms with E-state index < -0.39 is 21.2 Å². The van der Waals surface area contributed by atoms with Crippen LogP contribution in [0.2, 0.25) is 0 Å². The van der Waals surface area contributed by atoms with Gasteiger partial charge in [-0.25, -0.2) is 9.48 Å². The maximum absolute atomic E-state index is 12.5. The molecule has 3 rings (SSSR count). The molecule has 2 fully saturated rings. The number of alkyl halides is 2. The number of methoxy groups -OCH3 is 1. The third-order valence-electron chi connectivity index (χ3n) is 5.18. The number of aromatic nitrogens is 3. The van der Waals surface area contributed by atoms with Gasteiger partial charge in [-0.15, -0.1) is 16.9 Å². The van der Waals surface area contributed by atoms with Crippen LogP contribution in [0, 0.1) is 5.92 Å². The van der Waals surface area contributed by atoms with Crippen molar-refractivity contribution in [2.45, 2.75) is 59.7 Å². The fraction of sp³-hybridized carbons (Fsp3) is 0.706. The molecular formula is C17H23Br2N5O4S. The lowest BCUT2D eigenvalue weighted by Crippen LogP contribution is -2.67. The second-order valence-electron chi connectivity index (χ2n) is 7.97. The van der Waals surface area contributed by atoms with Crippen molar-refractivity contribution in [2.75, 3.05) is 7.11 Å². The molecule has 0 unspecified atom stereocenters. The summed E-state index contributed by atoms with van der Waals surface area (Å²) < 4.78 is 5.36. The number of β-lactam (4-membered cyclic amide) rings is 1. The highest BCUT2D eigenvalue weighted by molar-refractivity contribution is 9.26. The first-order valence-electron chi connectivity index (χ1n) is 9.07. The minimum atomic E-state index is -0.770. The Kier molecular flexibility index (Phi) is 6.10. The molecule has 1 aromatic rings. The number of fused-ring (bicyclic) bond motifs is 1. The molecule has 9 nitrogen and oxygen atoms in total. The average Bonchev–Trinajstić information content (AvgIpc) is 3.21. The number of amides is 2. The van der Waals surface area contributed by atoms with Gasteiger partial charge in [-0.2, -0.15) is 0 Å². The van der Waals surface area contributed by atoms with Crippen LogP contribution in [0.4, 0.5) is 0 Å². The smallest absolute Gasteiger partial charge is 0.328 e. The normalized spacial score (nSPS) is 25.4. The Bertz CT molecular complexity index is 844. The van der Waals surface area contributed by atoms with Gasteiger partial charge in [0.2, 0.25) is 0 Å². The molecule has 0 bridgehead atoms. The van der Waals surface area contributed by atoms with Crippen LogP contribution in [0.15, 0.2) is 6.20 Å². The lowest BCUT2D eigenvalue weighted by Gasteiger charge is -2.47. The van der Waals surface area contributed by atoms with E-state index in [1.807, 2.05) is 18.7 Å². The Morgan fingerprint density at radius 1 is 1.38 bits per heavy atom. The van der Waals surface area contributed by atoms with E-state index in [1.165, 1.54) is 13.3 Å². The molecule has 3 atom stereocenters. The van der Waals surface area contributed by atoms with Crippen LogP contribution in [-0.2, 0) is 20.9 Å². The number of carbonyl (C=O) groups is 3. The van der Waals surface area contributed by atoms with Crippen molar-refractivity contribution >= 4 is 61.4 Å². The maximum Gasteiger partial charge on any atom is 0.328 e. The van der Waals surface area contributed by atoms with Crippen molar-refractivity contribution in [3.8, 4) is 0 Å². The second kappa shape index (κ2) is 7.84. The number of thioether (sulfide) groups is 1. The fourth-order valence-electron chi connectivity index (χ4n) is 3.45. The quantitative estimate of drug-likeness (QED) is 0.325. The predicted molar refractivity (Wildman–Crippen MR) is 115 cm³/mol. The summed E-state index contributed by atoms with van der Waals surface area (Å²) >= 11 is 8.62. The Morgan fingerprint density at radius 3 is 2.62 bits per heavy atom. The van der Waals surface area contributed by atoms with Gasteiger partial charge < -0.3 is 15.0 Å². The topological polar surface area (TPSA) is 106 Å². The molecule has 2 saturated heterocycles. The molecule has 0 spiro atoms. The van der Waals surface area contributed by atoms with Gasteiger partial charge >= 0.3 is 5.97 Å². The van der Waals surface area contributed by atoms with Crippen LogP contribution >= 0.6 is 43.6 Å². The molecule has 160 valence electrons. The van der Waals surface area contributed by atoms with Crippen molar-refractivity contribution in [3.05, 3.63) is 11.9 Å². The molecule has 2 aliphatic heterocycles. The maximum atomic E-state index is 12.5. The number of carbonyl (C=O) groups excluding carboxylic acids is 3. The lowest BCUT2D eigenvalue weighted by atomic mass is 9.98. The minimum absolute atomic E-state index is 0.0202. The third-order valence-corrected chi connectivity index (χ3v) is 9.01. The summed E-state index contributed by atoms with van der Waals surface area (Å²) in [4.78, 5) is 38.7. The van der Waals surface area contributed by atoms with E-state index in [0.717, 1.165) is 0 Å². The zero-order chi connectivity index (χ0) is 21.7. The predicted octanol–water partition coefficient (Wildman–Crippen LogP) is 1.75. The summed E-state index contributed by atoms with van der Waals surface area (Å²) in [6.07, 6.45) is 1.53. The molecule has 0 saturated carbocycles. The van der Waals surface area contributed by atoms with Gasteiger partial charge in [0.05, 0.1) is 25.9 Å². The SMILES string of the molecule is COC(=O)[C@@H](NC(=O)c1cn(C[C@@H]2N3C(=O)C(Br)(Br)[C@H]3SC2(C)C)nn1)C(C)C. The number of rotatable bonds is 6. The van der Waals surface area contributed by atoms with Crippen molar-refractivity contribution in [1.82, 2.24) is 25.2 Å². The molecule has 0 aromatic carbocycles. The van der Waals surface area contributed by atoms with E-state index >= 15 is 0 Å². The molecular weight excluding hydrogens is 530 g/mol. The zero-order valence-electron chi connectivity index (χ0n) is 16.7. The zero-order valence-corrected chi connectivity index (χ0v) is 20.7. The van der Waals surface area contributed by atoms with Gasteiger partial charge in [0, 0.05) is 4.75 Å². The van der Waals surface area contributed by atoms with Crippen LogP contribution in [-0.4, -0.2) is 70.2 Å². The van der Waals surface area contributed by atoms with E-state index in [4.69, 9.17) is 4.74 Å². The number of nitrogens with zero attached hydrogens (tertiary/aromatic N) is 4. The van der Waals surface area contributed by atoms with Crippen LogP contribution in [0.3, 0.4) is 0 Å². The minimum Gasteiger partial charge on any atom is -0.467 e. The van der Waals surface area contributed by atoms with Crippen LogP contribution in [0.5, 0.6) is 0 Å². The van der Waals surface area contributed by atoms with Crippen molar-refractivity contribution in [2.24, 2.45) is 5.92 Å². The Balaban J connectivity index is 1.71. The number of ether oxygens (including phenoxy) is 1. The first-order valence-corrected chi connectivity index (χ1v) is 11.5. The van der Waals surface area contributed by atoms with Gasteiger partial charge in [-0.3, -0.25) is 9.59 Å². The molecule has 0 aliphatic carbocycles. The summed E-state index contributed by atoms with van der Waals surface area (Å²) in [7, 11) is 1.28. The van der Waals surface area contributed by atoms with Gasteiger partial charge in [0.15, 0.2) is 8.93 Å². The van der Waals surface area contributed by atoms with Gasteiger partial charge in [-0.05, 0) is 19.8 Å². The summed E-state index contributed by atoms with van der Waals surface area (Å²) in [6, 6.07) is -0.877. The molecule has 2 aliphatic rings. The Morgan fingerprint density at radius 2 is 2.03 bits per heavy atom. The Hall–Kier alpha value is -1.14. The fourth-order valence-corrected chi connectivity index (χ4v) is 6.38. The standard InChI is InChI=1S/C17H23Br2N5O4S/c1-8(2)11(13(26)28-5)20-12(25)9-6-23(22-21-9)7-10-16(3,4)29-15-17(18,19)14(27)24(10)15/h6,8,10-11,15H,7H2,1-5H3,(H,20,25)/t10-,11-,15+/m0/s1. The van der Waals surface area contributed by atoms with Gasteiger partial charge in [0.25, 0.3) is 11.8 Å². The third kappa shape index (κ3) is 3.95. The van der Waals surface area contributed by atoms with Gasteiger partial charge in [-0.1, -0.05) is 50.9 Å². The van der Waals surface area contributed by atoms with E-state index in [2.05, 4.69) is 61.3 Å². The number of esters is 1. The second-order valence-corrected chi connectivity index (χ2v) is 13.3. The molecule has 1 aromatic heterocycles. The Labute approximate surface area is 189 Å². The van der Waals surface area contributed by atoms with Gasteiger partial charge in [0.1, 0.15) is 11.4 Å². The number of halogens is 2. The molecule has 12 heteroatoms. The summed E-state index contributed by atoms with van der Waals surface area (Å²) in [5, 5.41) is 10.6. The van der Waals surface area contributed by atoms with E-state index in [1.54, 1.807) is 16.4 Å². The molecule has 3 heterocycles. The van der Waals surface area contributed by atoms with Crippen LogP contribution < -0.4 is 5.32 Å². The van der Waals surface area contributed by atoms with Crippen molar-refractivity contribution in [1.29, 1.82) is 0 Å². The number of hydrogen-bond acceptors (Lipinski definition) is 7. The largest absolute Gasteiger partial charge is 0.467 e. The monoisotopic (exact) mass is 551 g/mol. The molecule has 2 amide bonds. The number of hydrogen-bond donors (Lipinski definition) is 1. The number of nitrogens with one attached hydrogen (secondary N) is 1. The van der Waals surface area contributed by atoms with Crippen molar-refractivity contribution < 1.29 is 19.1 Å². The molecule has 29 heavy (non-hydrogen) atoms. The first-order chi connectivity index (χ1) is 13.4. The van der Waals surface area contributed by atoms with E-state index in [9.17, 15) is 14.4 Å². The summed E-state index contributed by atoms with van der Waals surface area (Å²) in [6.45, 7) is 8.19. The first kappa shape index (κ1) is 22.5. The highest BCUT2D eigenvalue weighted by atomic mass is 79.9. The molecule has 1 N–H and O–H groups in total. The lowest BCUT2D eigenvalue weighted by molar-refractivity contribution is -0.145. The van der Waals surface area contributed by atoms with Crippen LogP contribution in [0.1, 0.15) is 38.2 Å². The highest BCUT2D eigenvalue weighted by Crippen LogP contribution is 2.60. The average molecular weight is 553 g/mol. The molecule has 0 radical (unpaired) electrons. The summed E-state index contributed by atoms with van der Waals surface area (Å²) in [5.41, 5.74) is 0.102. The van der Waals surface area contributed by atoms with Crippen LogP contribution in [0.25, 0.3) is 0 Å². The van der Waals surface area contributed by atoms with E-state index in [0.29, 0.717) is 6.54 Å². The highest BCUT2D eigenvalue weighted by Gasteiger charge is 2.68. The summed E-state index contributed by atoms with van der Waals surface area (Å²) in [5.74, 6) is -1.18.